The van der Waals surface area contributed by atoms with E-state index in [0.717, 1.165) is 36.7 Å². The third kappa shape index (κ3) is 3.51. The first kappa shape index (κ1) is 16.7. The summed E-state index contributed by atoms with van der Waals surface area (Å²) in [4.78, 5) is 10.9. The third-order valence-electron chi connectivity index (χ3n) is 4.48. The number of nitrogens with one attached hydrogen (secondary N) is 1. The largest absolute Gasteiger partial charge is 0.394 e. The van der Waals surface area contributed by atoms with Crippen molar-refractivity contribution in [1.82, 2.24) is 19.7 Å². The van der Waals surface area contributed by atoms with E-state index in [1.807, 2.05) is 24.0 Å². The Morgan fingerprint density at radius 1 is 1.38 bits per heavy atom. The van der Waals surface area contributed by atoms with Crippen molar-refractivity contribution in [2.24, 2.45) is 7.05 Å². The lowest BCUT2D eigenvalue weighted by Crippen LogP contribution is -2.32. The third-order valence-corrected chi connectivity index (χ3v) is 4.48. The van der Waals surface area contributed by atoms with Crippen LogP contribution in [0.2, 0.25) is 0 Å². The van der Waals surface area contributed by atoms with Crippen molar-refractivity contribution in [3.05, 3.63) is 29.8 Å². The molecule has 24 heavy (non-hydrogen) atoms. The van der Waals surface area contributed by atoms with Gasteiger partial charge in [0.05, 0.1) is 18.3 Å². The molecule has 3 heterocycles. The molecule has 0 amide bonds. The number of nitrogens with zero attached hydrogens (tertiary/aromatic N) is 5. The second-order valence-electron chi connectivity index (χ2n) is 6.65. The zero-order chi connectivity index (χ0) is 17.1. The highest BCUT2D eigenvalue weighted by Gasteiger charge is 2.25. The van der Waals surface area contributed by atoms with Crippen LogP contribution in [0.3, 0.4) is 0 Å². The van der Waals surface area contributed by atoms with Gasteiger partial charge in [-0.2, -0.15) is 5.10 Å². The van der Waals surface area contributed by atoms with Gasteiger partial charge in [0, 0.05) is 38.0 Å². The van der Waals surface area contributed by atoms with Crippen molar-refractivity contribution in [1.29, 1.82) is 0 Å². The predicted molar refractivity (Wildman–Crippen MR) is 94.1 cm³/mol. The fraction of sp³-hybridized carbons (Fsp3) is 0.588. The van der Waals surface area contributed by atoms with Crippen molar-refractivity contribution in [2.75, 3.05) is 23.4 Å². The van der Waals surface area contributed by atoms with Gasteiger partial charge < -0.3 is 15.3 Å². The molecule has 0 spiro atoms. The number of aliphatic hydroxyl groups is 1. The van der Waals surface area contributed by atoms with E-state index in [-0.39, 0.29) is 12.6 Å². The molecule has 0 unspecified atom stereocenters. The Labute approximate surface area is 142 Å². The van der Waals surface area contributed by atoms with Gasteiger partial charge in [-0.15, -0.1) is 0 Å². The predicted octanol–water partition coefficient (Wildman–Crippen LogP) is 1.91. The van der Waals surface area contributed by atoms with Crippen LogP contribution < -0.4 is 10.2 Å². The van der Waals surface area contributed by atoms with Crippen LogP contribution in [0.5, 0.6) is 0 Å². The molecule has 0 aromatic carbocycles. The van der Waals surface area contributed by atoms with Crippen LogP contribution in [0.4, 0.5) is 11.6 Å². The lowest BCUT2D eigenvalue weighted by atomic mass is 10.1. The minimum atomic E-state index is 0.165. The van der Waals surface area contributed by atoms with E-state index in [1.165, 1.54) is 5.56 Å². The minimum Gasteiger partial charge on any atom is -0.394 e. The van der Waals surface area contributed by atoms with Crippen molar-refractivity contribution < 1.29 is 5.11 Å². The SMILES string of the molecule is CC(C)c1nn(C)cc1CNc1cc(N2CCC[C@@H]2CO)ncn1. The molecular formula is C17H26N6O. The summed E-state index contributed by atoms with van der Waals surface area (Å²) in [6, 6.07) is 2.12. The first-order valence-electron chi connectivity index (χ1n) is 8.54. The zero-order valence-electron chi connectivity index (χ0n) is 14.6. The molecule has 0 bridgehead atoms. The minimum absolute atomic E-state index is 0.165. The van der Waals surface area contributed by atoms with Gasteiger partial charge in [-0.3, -0.25) is 4.68 Å². The van der Waals surface area contributed by atoms with Crippen LogP contribution in [0, 0.1) is 0 Å². The molecule has 2 N–H and O–H groups in total. The van der Waals surface area contributed by atoms with Crippen LogP contribution in [0.25, 0.3) is 0 Å². The molecule has 0 saturated carbocycles. The number of aromatic nitrogens is 4. The summed E-state index contributed by atoms with van der Waals surface area (Å²) in [6.45, 7) is 6.08. The van der Waals surface area contributed by atoms with Crippen LogP contribution in [-0.4, -0.2) is 44.0 Å². The van der Waals surface area contributed by atoms with Crippen molar-refractivity contribution in [3.63, 3.8) is 0 Å². The number of aryl methyl sites for hydroxylation is 1. The van der Waals surface area contributed by atoms with Crippen molar-refractivity contribution >= 4 is 11.6 Å². The summed E-state index contributed by atoms with van der Waals surface area (Å²) in [5.74, 6) is 2.06. The molecule has 0 radical (unpaired) electrons. The lowest BCUT2D eigenvalue weighted by Gasteiger charge is -2.24. The first-order chi connectivity index (χ1) is 11.6. The Bertz CT molecular complexity index is 683. The first-order valence-corrected chi connectivity index (χ1v) is 8.54. The summed E-state index contributed by atoms with van der Waals surface area (Å²) in [7, 11) is 1.95. The number of hydrogen-bond acceptors (Lipinski definition) is 6. The molecule has 1 aliphatic rings. The molecule has 7 heteroatoms. The Kier molecular flexibility index (Phi) is 4.99. The smallest absolute Gasteiger partial charge is 0.134 e. The van der Waals surface area contributed by atoms with Gasteiger partial charge in [0.15, 0.2) is 0 Å². The van der Waals surface area contributed by atoms with E-state index >= 15 is 0 Å². The molecule has 2 aromatic heterocycles. The topological polar surface area (TPSA) is 79.1 Å². The normalized spacial score (nSPS) is 17.7. The highest BCUT2D eigenvalue weighted by Crippen LogP contribution is 2.25. The average Bonchev–Trinajstić information content (AvgIpc) is 3.19. The summed E-state index contributed by atoms with van der Waals surface area (Å²) in [6.07, 6.45) is 5.73. The van der Waals surface area contributed by atoms with E-state index in [9.17, 15) is 5.11 Å². The monoisotopic (exact) mass is 330 g/mol. The second-order valence-corrected chi connectivity index (χ2v) is 6.65. The van der Waals surface area contributed by atoms with Crippen LogP contribution >= 0.6 is 0 Å². The summed E-state index contributed by atoms with van der Waals surface area (Å²) in [5, 5.41) is 17.4. The maximum atomic E-state index is 9.49. The van der Waals surface area contributed by atoms with Crippen molar-refractivity contribution in [3.8, 4) is 0 Å². The molecule has 130 valence electrons. The molecule has 2 aromatic rings. The van der Waals surface area contributed by atoms with Gasteiger partial charge in [-0.1, -0.05) is 13.8 Å². The molecule has 3 rings (SSSR count). The van der Waals surface area contributed by atoms with Crippen LogP contribution in [-0.2, 0) is 13.6 Å². The van der Waals surface area contributed by atoms with Gasteiger partial charge in [0.1, 0.15) is 18.0 Å². The van der Waals surface area contributed by atoms with E-state index in [0.29, 0.717) is 12.5 Å². The molecule has 1 aliphatic heterocycles. The Hall–Kier alpha value is -2.15. The van der Waals surface area contributed by atoms with Crippen LogP contribution in [0.15, 0.2) is 18.6 Å². The molecule has 1 atom stereocenters. The maximum Gasteiger partial charge on any atom is 0.134 e. The van der Waals surface area contributed by atoms with Gasteiger partial charge in [0.2, 0.25) is 0 Å². The maximum absolute atomic E-state index is 9.49. The number of aliphatic hydroxyl groups excluding tert-OH is 1. The molecule has 0 aliphatic carbocycles. The second kappa shape index (κ2) is 7.17. The fourth-order valence-electron chi connectivity index (χ4n) is 3.29. The van der Waals surface area contributed by atoms with E-state index in [2.05, 4.69) is 39.1 Å². The lowest BCUT2D eigenvalue weighted by molar-refractivity contribution is 0.266. The van der Waals surface area contributed by atoms with E-state index in [1.54, 1.807) is 6.33 Å². The fourth-order valence-corrected chi connectivity index (χ4v) is 3.29. The Morgan fingerprint density at radius 3 is 2.96 bits per heavy atom. The molecular weight excluding hydrogens is 304 g/mol. The standard InChI is InChI=1S/C17H26N6O/c1-12(2)17-13(9-22(3)21-17)8-18-15-7-16(20-11-19-15)23-6-4-5-14(23)10-24/h7,9,11-12,14,24H,4-6,8,10H2,1-3H3,(H,18,19,20)/t14-/m1/s1. The summed E-state index contributed by atoms with van der Waals surface area (Å²) >= 11 is 0. The highest BCUT2D eigenvalue weighted by molar-refractivity contribution is 5.50. The Balaban J connectivity index is 1.71. The zero-order valence-corrected chi connectivity index (χ0v) is 14.6. The van der Waals surface area contributed by atoms with Crippen LogP contribution in [0.1, 0.15) is 43.9 Å². The molecule has 7 nitrogen and oxygen atoms in total. The quantitative estimate of drug-likeness (QED) is 0.842. The highest BCUT2D eigenvalue weighted by atomic mass is 16.3. The van der Waals surface area contributed by atoms with Gasteiger partial charge in [-0.25, -0.2) is 9.97 Å². The number of hydrogen-bond donors (Lipinski definition) is 2. The molecule has 1 saturated heterocycles. The van der Waals surface area contributed by atoms with E-state index < -0.39 is 0 Å². The molecule has 1 fully saturated rings. The van der Waals surface area contributed by atoms with Gasteiger partial charge >= 0.3 is 0 Å². The summed E-state index contributed by atoms with van der Waals surface area (Å²) in [5.41, 5.74) is 2.29. The average molecular weight is 330 g/mol. The number of anilines is 2. The number of rotatable bonds is 6. The van der Waals surface area contributed by atoms with Gasteiger partial charge in [0.25, 0.3) is 0 Å². The Morgan fingerprint density at radius 2 is 2.21 bits per heavy atom. The van der Waals surface area contributed by atoms with E-state index in [4.69, 9.17) is 0 Å². The summed E-state index contributed by atoms with van der Waals surface area (Å²) < 4.78 is 1.85. The van der Waals surface area contributed by atoms with Gasteiger partial charge in [-0.05, 0) is 18.8 Å². The van der Waals surface area contributed by atoms with Crippen molar-refractivity contribution in [2.45, 2.75) is 45.2 Å².